The SMILES string of the molecule is Brc1ccc2cc(B3c4c(-c5ccccc5)cccc4-c4cc5ccccc5c(-c5ccccc5)c43)ccc2c1. The first-order chi connectivity index (χ1) is 19.8. The number of hydrogen-bond donors (Lipinski definition) is 0. The zero-order valence-corrected chi connectivity index (χ0v) is 23.4. The van der Waals surface area contributed by atoms with Crippen molar-refractivity contribution >= 4 is 60.6 Å². The van der Waals surface area contributed by atoms with Gasteiger partial charge < -0.3 is 0 Å². The van der Waals surface area contributed by atoms with E-state index in [9.17, 15) is 0 Å². The lowest BCUT2D eigenvalue weighted by molar-refractivity contribution is 1.64. The molecule has 8 rings (SSSR count). The van der Waals surface area contributed by atoms with Gasteiger partial charge in [-0.25, -0.2) is 0 Å². The van der Waals surface area contributed by atoms with E-state index in [4.69, 9.17) is 0 Å². The van der Waals surface area contributed by atoms with Gasteiger partial charge in [0.15, 0.2) is 0 Å². The monoisotopic (exact) mass is 570 g/mol. The molecule has 0 unspecified atom stereocenters. The zero-order valence-electron chi connectivity index (χ0n) is 21.8. The average Bonchev–Trinajstić information content (AvgIpc) is 3.34. The minimum Gasteiger partial charge on any atom is -0.0679 e. The zero-order chi connectivity index (χ0) is 26.6. The van der Waals surface area contributed by atoms with Gasteiger partial charge in [-0.15, -0.1) is 0 Å². The molecule has 7 aromatic carbocycles. The quantitative estimate of drug-likeness (QED) is 0.187. The second-order valence-corrected chi connectivity index (χ2v) is 11.5. The van der Waals surface area contributed by atoms with Crippen LogP contribution in [0.1, 0.15) is 0 Å². The second-order valence-electron chi connectivity index (χ2n) is 10.6. The molecular formula is C38H24BBr. The lowest BCUT2D eigenvalue weighted by atomic mass is 9.37. The van der Waals surface area contributed by atoms with E-state index in [1.807, 2.05) is 0 Å². The van der Waals surface area contributed by atoms with Crippen LogP contribution in [0.25, 0.3) is 54.9 Å². The van der Waals surface area contributed by atoms with E-state index in [-0.39, 0.29) is 6.71 Å². The van der Waals surface area contributed by atoms with Crippen LogP contribution in [0.4, 0.5) is 0 Å². The molecule has 186 valence electrons. The minimum atomic E-state index is 0.106. The summed E-state index contributed by atoms with van der Waals surface area (Å²) < 4.78 is 1.11. The van der Waals surface area contributed by atoms with E-state index in [0.717, 1.165) is 4.47 Å². The van der Waals surface area contributed by atoms with Crippen molar-refractivity contribution in [2.45, 2.75) is 0 Å². The number of benzene rings is 7. The van der Waals surface area contributed by atoms with Crippen LogP contribution in [-0.2, 0) is 0 Å². The number of rotatable bonds is 3. The predicted molar refractivity (Wildman–Crippen MR) is 177 cm³/mol. The molecule has 1 aliphatic heterocycles. The molecule has 0 saturated heterocycles. The van der Waals surface area contributed by atoms with E-state index in [0.29, 0.717) is 0 Å². The molecule has 0 amide bonds. The summed E-state index contributed by atoms with van der Waals surface area (Å²) in [7, 11) is 0. The van der Waals surface area contributed by atoms with Crippen LogP contribution in [0, 0.1) is 0 Å². The van der Waals surface area contributed by atoms with Crippen LogP contribution in [0.3, 0.4) is 0 Å². The summed E-state index contributed by atoms with van der Waals surface area (Å²) in [6.45, 7) is 0.106. The fourth-order valence-electron chi connectivity index (χ4n) is 6.67. The molecule has 0 nitrogen and oxygen atoms in total. The lowest BCUT2D eigenvalue weighted by Crippen LogP contribution is -2.50. The van der Waals surface area contributed by atoms with Gasteiger partial charge in [0, 0.05) is 4.47 Å². The minimum absolute atomic E-state index is 0.106. The summed E-state index contributed by atoms with van der Waals surface area (Å²) in [4.78, 5) is 0. The molecule has 0 radical (unpaired) electrons. The molecule has 0 fully saturated rings. The number of fused-ring (bicyclic) bond motifs is 5. The molecule has 0 spiro atoms. The highest BCUT2D eigenvalue weighted by molar-refractivity contribution is 9.10. The Kier molecular flexibility index (Phi) is 5.50. The van der Waals surface area contributed by atoms with E-state index in [1.165, 1.54) is 71.3 Å². The van der Waals surface area contributed by atoms with Crippen molar-refractivity contribution in [1.29, 1.82) is 0 Å². The van der Waals surface area contributed by atoms with Gasteiger partial charge in [-0.3, -0.25) is 0 Å². The lowest BCUT2D eigenvalue weighted by Gasteiger charge is -2.20. The normalized spacial score (nSPS) is 12.1. The average molecular weight is 571 g/mol. The van der Waals surface area contributed by atoms with Gasteiger partial charge in [-0.05, 0) is 73.1 Å². The van der Waals surface area contributed by atoms with Gasteiger partial charge in [0.1, 0.15) is 0 Å². The Morgan fingerprint density at radius 1 is 0.425 bits per heavy atom. The van der Waals surface area contributed by atoms with Crippen LogP contribution < -0.4 is 16.4 Å². The van der Waals surface area contributed by atoms with Crippen LogP contribution in [0.5, 0.6) is 0 Å². The number of hydrogen-bond acceptors (Lipinski definition) is 0. The van der Waals surface area contributed by atoms with Crippen molar-refractivity contribution in [3.8, 4) is 33.4 Å². The maximum Gasteiger partial charge on any atom is 0.244 e. The van der Waals surface area contributed by atoms with Crippen LogP contribution in [0.15, 0.2) is 150 Å². The Balaban J connectivity index is 1.51. The molecule has 0 aliphatic carbocycles. The Hall–Kier alpha value is -4.40. The van der Waals surface area contributed by atoms with Gasteiger partial charge in [0.05, 0.1) is 0 Å². The molecular weight excluding hydrogens is 547 g/mol. The topological polar surface area (TPSA) is 0 Å². The summed E-state index contributed by atoms with van der Waals surface area (Å²) >= 11 is 3.65. The maximum atomic E-state index is 3.65. The van der Waals surface area contributed by atoms with Gasteiger partial charge in [0.25, 0.3) is 0 Å². The molecule has 0 N–H and O–H groups in total. The van der Waals surface area contributed by atoms with Crippen molar-refractivity contribution in [3.63, 3.8) is 0 Å². The van der Waals surface area contributed by atoms with Crippen molar-refractivity contribution in [3.05, 3.63) is 150 Å². The first-order valence-electron chi connectivity index (χ1n) is 13.8. The molecule has 7 aromatic rings. The summed E-state index contributed by atoms with van der Waals surface area (Å²) in [5, 5.41) is 5.08. The van der Waals surface area contributed by atoms with Crippen molar-refractivity contribution in [2.75, 3.05) is 0 Å². The van der Waals surface area contributed by atoms with Crippen molar-refractivity contribution in [2.24, 2.45) is 0 Å². The second kappa shape index (κ2) is 9.36. The van der Waals surface area contributed by atoms with Gasteiger partial charge >= 0.3 is 0 Å². The Morgan fingerprint density at radius 3 is 1.93 bits per heavy atom. The first kappa shape index (κ1) is 23.5. The third kappa shape index (κ3) is 3.67. The fourth-order valence-corrected chi connectivity index (χ4v) is 7.05. The highest BCUT2D eigenvalue weighted by Crippen LogP contribution is 2.37. The van der Waals surface area contributed by atoms with Crippen LogP contribution in [0.2, 0.25) is 0 Å². The molecule has 1 heterocycles. The molecule has 1 aliphatic rings. The third-order valence-electron chi connectivity index (χ3n) is 8.37. The van der Waals surface area contributed by atoms with Gasteiger partial charge in [0.2, 0.25) is 6.71 Å². The van der Waals surface area contributed by atoms with Crippen molar-refractivity contribution < 1.29 is 0 Å². The Morgan fingerprint density at radius 2 is 1.10 bits per heavy atom. The largest absolute Gasteiger partial charge is 0.244 e. The Labute approximate surface area is 243 Å². The fraction of sp³-hybridized carbons (Fsp3) is 0. The van der Waals surface area contributed by atoms with Crippen LogP contribution >= 0.6 is 15.9 Å². The summed E-state index contributed by atoms with van der Waals surface area (Å²) in [5.41, 5.74) is 12.0. The first-order valence-corrected chi connectivity index (χ1v) is 14.5. The highest BCUT2D eigenvalue weighted by Gasteiger charge is 2.38. The molecule has 0 atom stereocenters. The highest BCUT2D eigenvalue weighted by atomic mass is 79.9. The van der Waals surface area contributed by atoms with Gasteiger partial charge in [-0.2, -0.15) is 0 Å². The summed E-state index contributed by atoms with van der Waals surface area (Å²) in [6, 6.07) is 53.5. The Bertz CT molecular complexity index is 2060. The maximum absolute atomic E-state index is 3.65. The molecule has 0 bridgehead atoms. The third-order valence-corrected chi connectivity index (χ3v) is 8.86. The van der Waals surface area contributed by atoms with E-state index >= 15 is 0 Å². The molecule has 2 heteroatoms. The molecule has 40 heavy (non-hydrogen) atoms. The standard InChI is InChI=1S/C38H24BBr/c40-31-21-19-27-22-30(20-18-28(27)23-31)39-37-33(25-10-3-1-4-11-25)16-9-17-34(37)35-24-29-14-7-8-15-32(29)36(38(35)39)26-12-5-2-6-13-26/h1-24H. The predicted octanol–water partition coefficient (Wildman–Crippen LogP) is 8.59. The van der Waals surface area contributed by atoms with Crippen molar-refractivity contribution in [1.82, 2.24) is 0 Å². The van der Waals surface area contributed by atoms with Gasteiger partial charge in [-0.1, -0.05) is 160 Å². The van der Waals surface area contributed by atoms with E-state index in [1.54, 1.807) is 0 Å². The van der Waals surface area contributed by atoms with E-state index < -0.39 is 0 Å². The molecule has 0 saturated carbocycles. The summed E-state index contributed by atoms with van der Waals surface area (Å²) in [5.74, 6) is 0. The smallest absolute Gasteiger partial charge is 0.0679 e. The summed E-state index contributed by atoms with van der Waals surface area (Å²) in [6.07, 6.45) is 0. The van der Waals surface area contributed by atoms with E-state index in [2.05, 4.69) is 162 Å². The number of halogens is 1. The molecule has 0 aromatic heterocycles. The van der Waals surface area contributed by atoms with Crippen LogP contribution in [-0.4, -0.2) is 6.71 Å².